The maximum absolute atomic E-state index is 2.38. The smallest absolute Gasteiger partial charge is 0.0114 e. The highest BCUT2D eigenvalue weighted by Crippen LogP contribution is 2.41. The molecule has 1 aliphatic rings. The molecule has 8 heavy (non-hydrogen) atoms. The van der Waals surface area contributed by atoms with Crippen LogP contribution in [-0.4, -0.2) is 19.0 Å². The minimum atomic E-state index is 0.382. The van der Waals surface area contributed by atoms with E-state index < -0.39 is 0 Å². The molecule has 0 nitrogen and oxygen atoms in total. The van der Waals surface area contributed by atoms with Gasteiger partial charge in [0.25, 0.3) is 0 Å². The molecule has 1 heterocycles. The normalized spacial score (nSPS) is 22.9. The van der Waals surface area contributed by atoms with Crippen molar-refractivity contribution in [3.8, 4) is 0 Å². The van der Waals surface area contributed by atoms with Crippen molar-refractivity contribution in [1.29, 1.82) is 0 Å². The molecular formula is C7H13P. The van der Waals surface area contributed by atoms with E-state index in [1.165, 1.54) is 12.3 Å². The van der Waals surface area contributed by atoms with Gasteiger partial charge in [-0.1, -0.05) is 11.1 Å². The summed E-state index contributed by atoms with van der Waals surface area (Å²) in [7, 11) is 0.382. The van der Waals surface area contributed by atoms with Gasteiger partial charge in [0.05, 0.1) is 0 Å². The largest absolute Gasteiger partial charge is 0.102 e. The molecule has 0 aromatic heterocycles. The molecule has 46 valence electrons. The minimum Gasteiger partial charge on any atom is -0.102 e. The van der Waals surface area contributed by atoms with Crippen molar-refractivity contribution in [3.05, 3.63) is 11.1 Å². The second-order valence-electron chi connectivity index (χ2n) is 2.73. The maximum Gasteiger partial charge on any atom is -0.0114 e. The fraction of sp³-hybridized carbons (Fsp3) is 0.714. The third kappa shape index (κ3) is 1.11. The Morgan fingerprint density at radius 2 is 1.50 bits per heavy atom. The summed E-state index contributed by atoms with van der Waals surface area (Å²) in [6.45, 7) is 6.91. The molecule has 0 saturated heterocycles. The number of hydrogen-bond acceptors (Lipinski definition) is 0. The zero-order chi connectivity index (χ0) is 6.15. The Bertz CT molecular complexity index is 110. The van der Waals surface area contributed by atoms with Gasteiger partial charge in [0, 0.05) is 0 Å². The first-order chi connectivity index (χ1) is 3.70. The van der Waals surface area contributed by atoms with Gasteiger partial charge in [0.2, 0.25) is 0 Å². The van der Waals surface area contributed by atoms with Crippen LogP contribution < -0.4 is 0 Å². The van der Waals surface area contributed by atoms with Crippen LogP contribution in [-0.2, 0) is 0 Å². The lowest BCUT2D eigenvalue weighted by Gasteiger charge is -1.97. The van der Waals surface area contributed by atoms with Crippen LogP contribution in [0.3, 0.4) is 0 Å². The van der Waals surface area contributed by atoms with Crippen LogP contribution in [0.2, 0.25) is 0 Å². The van der Waals surface area contributed by atoms with Crippen LogP contribution in [0.5, 0.6) is 0 Å². The van der Waals surface area contributed by atoms with Crippen molar-refractivity contribution >= 4 is 7.92 Å². The lowest BCUT2D eigenvalue weighted by atomic mass is 10.2. The third-order valence-corrected chi connectivity index (χ3v) is 3.77. The van der Waals surface area contributed by atoms with E-state index in [-0.39, 0.29) is 0 Å². The summed E-state index contributed by atoms with van der Waals surface area (Å²) in [5.74, 6) is 0. The van der Waals surface area contributed by atoms with Crippen molar-refractivity contribution in [3.63, 3.8) is 0 Å². The van der Waals surface area contributed by atoms with Gasteiger partial charge in [0.1, 0.15) is 0 Å². The Morgan fingerprint density at radius 3 is 1.62 bits per heavy atom. The van der Waals surface area contributed by atoms with E-state index in [9.17, 15) is 0 Å². The van der Waals surface area contributed by atoms with Gasteiger partial charge >= 0.3 is 0 Å². The van der Waals surface area contributed by atoms with Gasteiger partial charge in [0.15, 0.2) is 0 Å². The van der Waals surface area contributed by atoms with Crippen LogP contribution in [0, 0.1) is 0 Å². The molecule has 0 unspecified atom stereocenters. The average Bonchev–Trinajstić information content (AvgIpc) is 1.85. The van der Waals surface area contributed by atoms with Crippen LogP contribution in [0.1, 0.15) is 13.8 Å². The molecule has 1 aliphatic heterocycles. The van der Waals surface area contributed by atoms with Gasteiger partial charge in [-0.3, -0.25) is 0 Å². The van der Waals surface area contributed by atoms with Gasteiger partial charge in [-0.15, -0.1) is 7.92 Å². The van der Waals surface area contributed by atoms with Gasteiger partial charge in [-0.05, 0) is 32.8 Å². The molecular weight excluding hydrogens is 115 g/mol. The van der Waals surface area contributed by atoms with E-state index in [1.54, 1.807) is 11.1 Å². The summed E-state index contributed by atoms with van der Waals surface area (Å²) < 4.78 is 0. The van der Waals surface area contributed by atoms with E-state index in [1.807, 2.05) is 0 Å². The second kappa shape index (κ2) is 2.19. The molecule has 0 aromatic carbocycles. The molecule has 1 rings (SSSR count). The summed E-state index contributed by atoms with van der Waals surface area (Å²) in [5, 5.41) is 0. The van der Waals surface area contributed by atoms with Crippen LogP contribution in [0.25, 0.3) is 0 Å². The molecule has 0 spiro atoms. The summed E-state index contributed by atoms with van der Waals surface area (Å²) in [6, 6.07) is 0. The molecule has 1 heteroatoms. The van der Waals surface area contributed by atoms with Crippen molar-refractivity contribution in [2.24, 2.45) is 0 Å². The Morgan fingerprint density at radius 1 is 1.12 bits per heavy atom. The van der Waals surface area contributed by atoms with Crippen LogP contribution in [0.15, 0.2) is 11.1 Å². The summed E-state index contributed by atoms with van der Waals surface area (Å²) in [4.78, 5) is 0. The average molecular weight is 128 g/mol. The minimum absolute atomic E-state index is 0.382. The van der Waals surface area contributed by atoms with E-state index in [0.29, 0.717) is 7.92 Å². The zero-order valence-corrected chi connectivity index (χ0v) is 6.76. The first-order valence-electron chi connectivity index (χ1n) is 3.04. The van der Waals surface area contributed by atoms with Crippen molar-refractivity contribution in [2.45, 2.75) is 13.8 Å². The topological polar surface area (TPSA) is 0 Å². The van der Waals surface area contributed by atoms with Crippen LogP contribution >= 0.6 is 7.92 Å². The Labute approximate surface area is 52.7 Å². The van der Waals surface area contributed by atoms with Gasteiger partial charge in [-0.25, -0.2) is 0 Å². The summed E-state index contributed by atoms with van der Waals surface area (Å²) in [5.41, 5.74) is 3.30. The van der Waals surface area contributed by atoms with Gasteiger partial charge < -0.3 is 0 Å². The fourth-order valence-corrected chi connectivity index (χ4v) is 3.41. The molecule has 0 aliphatic carbocycles. The zero-order valence-electron chi connectivity index (χ0n) is 5.86. The number of hydrogen-bond donors (Lipinski definition) is 0. The quantitative estimate of drug-likeness (QED) is 0.347. The Hall–Kier alpha value is 0.170. The highest BCUT2D eigenvalue weighted by atomic mass is 31.1. The molecule has 0 aromatic rings. The molecule has 0 atom stereocenters. The lowest BCUT2D eigenvalue weighted by Crippen LogP contribution is -1.74. The fourth-order valence-electron chi connectivity index (χ4n) is 1.14. The summed E-state index contributed by atoms with van der Waals surface area (Å²) >= 11 is 0. The van der Waals surface area contributed by atoms with Crippen molar-refractivity contribution in [1.82, 2.24) is 0 Å². The molecule has 0 bridgehead atoms. The lowest BCUT2D eigenvalue weighted by molar-refractivity contribution is 1.29. The molecule has 0 fully saturated rings. The molecule has 0 amide bonds. The highest BCUT2D eigenvalue weighted by Gasteiger charge is 2.12. The summed E-state index contributed by atoms with van der Waals surface area (Å²) in [6.07, 6.45) is 2.81. The van der Waals surface area contributed by atoms with Gasteiger partial charge in [-0.2, -0.15) is 0 Å². The molecule has 0 radical (unpaired) electrons. The standard InChI is InChI=1S/C7H13P/c1-6-4-8(3)5-7(6)2/h4-5H2,1-3H3. The number of allylic oxidation sites excluding steroid dienone is 2. The second-order valence-corrected chi connectivity index (χ2v) is 5.08. The number of rotatable bonds is 0. The Balaban J connectivity index is 2.60. The van der Waals surface area contributed by atoms with Crippen LogP contribution in [0.4, 0.5) is 0 Å². The van der Waals surface area contributed by atoms with E-state index in [2.05, 4.69) is 20.5 Å². The molecule has 0 saturated carbocycles. The maximum atomic E-state index is 2.38. The Kier molecular flexibility index (Phi) is 1.72. The van der Waals surface area contributed by atoms with Crippen molar-refractivity contribution in [2.75, 3.05) is 19.0 Å². The predicted octanol–water partition coefficient (Wildman–Crippen LogP) is 2.45. The predicted molar refractivity (Wildman–Crippen MR) is 41.0 cm³/mol. The van der Waals surface area contributed by atoms with Crippen molar-refractivity contribution < 1.29 is 0 Å². The SMILES string of the molecule is CC1=C(C)CP(C)C1. The van der Waals surface area contributed by atoms with E-state index in [4.69, 9.17) is 0 Å². The van der Waals surface area contributed by atoms with E-state index in [0.717, 1.165) is 0 Å². The first kappa shape index (κ1) is 6.29. The van der Waals surface area contributed by atoms with E-state index >= 15 is 0 Å². The molecule has 0 N–H and O–H groups in total. The monoisotopic (exact) mass is 128 g/mol. The highest BCUT2D eigenvalue weighted by molar-refractivity contribution is 7.57. The third-order valence-electron chi connectivity index (χ3n) is 1.74. The first-order valence-corrected chi connectivity index (χ1v) is 5.20.